The standard InChI is InChI=1S/C17H20N2O2/c1-2-8-19-12-18-10-14(19)11-21-15-6-7-16-13(9-15)4-3-5-17(16)20/h6-7,9-10,12H,2-5,8,11H2,1H3. The molecule has 1 aromatic carbocycles. The third-order valence-electron chi connectivity index (χ3n) is 3.88. The van der Waals surface area contributed by atoms with Crippen molar-refractivity contribution < 1.29 is 9.53 Å². The Hall–Kier alpha value is -2.10. The van der Waals surface area contributed by atoms with Crippen molar-refractivity contribution in [1.82, 2.24) is 9.55 Å². The van der Waals surface area contributed by atoms with E-state index in [0.717, 1.165) is 48.4 Å². The van der Waals surface area contributed by atoms with E-state index in [1.165, 1.54) is 0 Å². The summed E-state index contributed by atoms with van der Waals surface area (Å²) in [7, 11) is 0. The number of ether oxygens (including phenoxy) is 1. The van der Waals surface area contributed by atoms with Gasteiger partial charge in [0.15, 0.2) is 5.78 Å². The van der Waals surface area contributed by atoms with Crippen LogP contribution in [0, 0.1) is 0 Å². The fourth-order valence-corrected chi connectivity index (χ4v) is 2.78. The van der Waals surface area contributed by atoms with E-state index in [-0.39, 0.29) is 5.78 Å². The molecule has 0 spiro atoms. The molecule has 3 rings (SSSR count). The summed E-state index contributed by atoms with van der Waals surface area (Å²) in [6.07, 6.45) is 7.34. The second-order valence-corrected chi connectivity index (χ2v) is 5.46. The average Bonchev–Trinajstić information content (AvgIpc) is 2.93. The highest BCUT2D eigenvalue weighted by atomic mass is 16.5. The predicted octanol–water partition coefficient (Wildman–Crippen LogP) is 3.39. The first-order valence-corrected chi connectivity index (χ1v) is 7.56. The van der Waals surface area contributed by atoms with Crippen LogP contribution in [0.25, 0.3) is 0 Å². The third kappa shape index (κ3) is 2.99. The van der Waals surface area contributed by atoms with E-state index in [2.05, 4.69) is 16.5 Å². The van der Waals surface area contributed by atoms with E-state index in [1.807, 2.05) is 30.7 Å². The number of benzene rings is 1. The smallest absolute Gasteiger partial charge is 0.163 e. The number of aryl methyl sites for hydroxylation is 2. The topological polar surface area (TPSA) is 44.1 Å². The van der Waals surface area contributed by atoms with E-state index in [1.54, 1.807) is 0 Å². The molecular weight excluding hydrogens is 264 g/mol. The summed E-state index contributed by atoms with van der Waals surface area (Å²) in [4.78, 5) is 16.0. The molecule has 0 N–H and O–H groups in total. The summed E-state index contributed by atoms with van der Waals surface area (Å²) < 4.78 is 7.98. The van der Waals surface area contributed by atoms with E-state index in [0.29, 0.717) is 13.0 Å². The fourth-order valence-electron chi connectivity index (χ4n) is 2.78. The summed E-state index contributed by atoms with van der Waals surface area (Å²) in [6, 6.07) is 5.80. The molecule has 110 valence electrons. The molecule has 0 saturated heterocycles. The highest BCUT2D eigenvalue weighted by Gasteiger charge is 2.17. The third-order valence-corrected chi connectivity index (χ3v) is 3.88. The number of hydrogen-bond acceptors (Lipinski definition) is 3. The maximum atomic E-state index is 11.8. The minimum atomic E-state index is 0.254. The molecule has 1 aliphatic rings. The van der Waals surface area contributed by atoms with Gasteiger partial charge in [0, 0.05) is 18.5 Å². The Balaban J connectivity index is 1.71. The molecule has 2 aromatic rings. The first kappa shape index (κ1) is 13.9. The molecule has 0 radical (unpaired) electrons. The van der Waals surface area contributed by atoms with Gasteiger partial charge in [0.2, 0.25) is 0 Å². The number of fused-ring (bicyclic) bond motifs is 1. The Bertz CT molecular complexity index is 646. The number of aromatic nitrogens is 2. The van der Waals surface area contributed by atoms with Crippen LogP contribution in [-0.4, -0.2) is 15.3 Å². The van der Waals surface area contributed by atoms with Crippen LogP contribution >= 0.6 is 0 Å². The van der Waals surface area contributed by atoms with Gasteiger partial charge in [0.05, 0.1) is 18.2 Å². The maximum Gasteiger partial charge on any atom is 0.163 e. The number of carbonyl (C=O) groups excluding carboxylic acids is 1. The van der Waals surface area contributed by atoms with Crippen molar-refractivity contribution in [3.8, 4) is 5.75 Å². The van der Waals surface area contributed by atoms with Gasteiger partial charge >= 0.3 is 0 Å². The number of ketones is 1. The van der Waals surface area contributed by atoms with Crippen molar-refractivity contribution >= 4 is 5.78 Å². The lowest BCUT2D eigenvalue weighted by molar-refractivity contribution is 0.0972. The van der Waals surface area contributed by atoms with Crippen LogP contribution in [0.1, 0.15) is 47.8 Å². The van der Waals surface area contributed by atoms with Gasteiger partial charge in [-0.1, -0.05) is 6.92 Å². The van der Waals surface area contributed by atoms with Crippen LogP contribution < -0.4 is 4.74 Å². The van der Waals surface area contributed by atoms with Gasteiger partial charge < -0.3 is 9.30 Å². The van der Waals surface area contributed by atoms with E-state index >= 15 is 0 Å². The van der Waals surface area contributed by atoms with E-state index < -0.39 is 0 Å². The molecule has 0 amide bonds. The van der Waals surface area contributed by atoms with Gasteiger partial charge in [0.25, 0.3) is 0 Å². The summed E-state index contributed by atoms with van der Waals surface area (Å²) in [5.41, 5.74) is 3.06. The molecule has 1 heterocycles. The molecule has 0 aliphatic heterocycles. The Labute approximate surface area is 124 Å². The average molecular weight is 284 g/mol. The van der Waals surface area contributed by atoms with Gasteiger partial charge in [-0.25, -0.2) is 4.98 Å². The summed E-state index contributed by atoms with van der Waals surface area (Å²) in [5, 5.41) is 0. The van der Waals surface area contributed by atoms with Crippen molar-refractivity contribution in [3.05, 3.63) is 47.5 Å². The van der Waals surface area contributed by atoms with Gasteiger partial charge in [-0.05, 0) is 43.0 Å². The quantitative estimate of drug-likeness (QED) is 0.845. The SMILES string of the molecule is CCCn1cncc1COc1ccc2c(c1)CCCC2=O. The molecule has 0 atom stereocenters. The highest BCUT2D eigenvalue weighted by Crippen LogP contribution is 2.25. The molecule has 1 aromatic heterocycles. The minimum Gasteiger partial charge on any atom is -0.487 e. The number of nitrogens with zero attached hydrogens (tertiary/aromatic N) is 2. The Morgan fingerprint density at radius 2 is 2.24 bits per heavy atom. The Morgan fingerprint density at radius 1 is 1.33 bits per heavy atom. The largest absolute Gasteiger partial charge is 0.487 e. The van der Waals surface area contributed by atoms with Crippen LogP contribution in [0.2, 0.25) is 0 Å². The Morgan fingerprint density at radius 3 is 3.10 bits per heavy atom. The van der Waals surface area contributed by atoms with Crippen molar-refractivity contribution in [1.29, 1.82) is 0 Å². The van der Waals surface area contributed by atoms with Crippen LogP contribution in [0.5, 0.6) is 5.75 Å². The summed E-state index contributed by atoms with van der Waals surface area (Å²) >= 11 is 0. The van der Waals surface area contributed by atoms with Crippen molar-refractivity contribution in [3.63, 3.8) is 0 Å². The first-order chi connectivity index (χ1) is 10.3. The second-order valence-electron chi connectivity index (χ2n) is 5.46. The van der Waals surface area contributed by atoms with Crippen LogP contribution in [0.4, 0.5) is 0 Å². The zero-order chi connectivity index (χ0) is 14.7. The van der Waals surface area contributed by atoms with Gasteiger partial charge in [-0.3, -0.25) is 4.79 Å². The van der Waals surface area contributed by atoms with Crippen molar-refractivity contribution in [2.45, 2.75) is 45.8 Å². The zero-order valence-electron chi connectivity index (χ0n) is 12.3. The lowest BCUT2D eigenvalue weighted by Crippen LogP contribution is -2.11. The molecule has 1 aliphatic carbocycles. The van der Waals surface area contributed by atoms with Crippen LogP contribution in [0.3, 0.4) is 0 Å². The van der Waals surface area contributed by atoms with Crippen LogP contribution in [0.15, 0.2) is 30.7 Å². The number of rotatable bonds is 5. The number of carbonyl (C=O) groups is 1. The molecule has 4 heteroatoms. The molecular formula is C17H20N2O2. The van der Waals surface area contributed by atoms with Gasteiger partial charge in [-0.2, -0.15) is 0 Å². The van der Waals surface area contributed by atoms with Crippen molar-refractivity contribution in [2.24, 2.45) is 0 Å². The van der Waals surface area contributed by atoms with Crippen LogP contribution in [-0.2, 0) is 19.6 Å². The molecule has 21 heavy (non-hydrogen) atoms. The fraction of sp³-hybridized carbons (Fsp3) is 0.412. The van der Waals surface area contributed by atoms with Crippen molar-refractivity contribution in [2.75, 3.05) is 0 Å². The number of imidazole rings is 1. The van der Waals surface area contributed by atoms with E-state index in [4.69, 9.17) is 4.74 Å². The molecule has 0 unspecified atom stereocenters. The monoisotopic (exact) mass is 284 g/mol. The Kier molecular flexibility index (Phi) is 4.04. The maximum absolute atomic E-state index is 11.8. The molecule has 0 saturated carbocycles. The van der Waals surface area contributed by atoms with Gasteiger partial charge in [0.1, 0.15) is 12.4 Å². The summed E-state index contributed by atoms with van der Waals surface area (Å²) in [6.45, 7) is 3.61. The van der Waals surface area contributed by atoms with E-state index in [9.17, 15) is 4.79 Å². The normalized spacial score (nSPS) is 14.0. The lowest BCUT2D eigenvalue weighted by atomic mass is 9.90. The summed E-state index contributed by atoms with van der Waals surface area (Å²) in [5.74, 6) is 1.08. The number of Topliss-reactive ketones (excluding diaryl/α,β-unsaturated/α-hetero) is 1. The van der Waals surface area contributed by atoms with Gasteiger partial charge in [-0.15, -0.1) is 0 Å². The highest BCUT2D eigenvalue weighted by molar-refractivity contribution is 5.98. The number of hydrogen-bond donors (Lipinski definition) is 0. The molecule has 0 fully saturated rings. The molecule has 0 bridgehead atoms. The lowest BCUT2D eigenvalue weighted by Gasteiger charge is -2.16. The zero-order valence-corrected chi connectivity index (χ0v) is 12.3. The molecule has 4 nitrogen and oxygen atoms in total. The second kappa shape index (κ2) is 6.12. The minimum absolute atomic E-state index is 0.254. The first-order valence-electron chi connectivity index (χ1n) is 7.56. The predicted molar refractivity (Wildman–Crippen MR) is 80.6 cm³/mol.